The number of hydrogen-bond donors (Lipinski definition) is 1. The number of rotatable bonds is 7. The average molecular weight is 352 g/mol. The molecule has 0 spiro atoms. The number of halogens is 1. The maximum absolute atomic E-state index is 5.52. The van der Waals surface area contributed by atoms with E-state index in [1.807, 2.05) is 24.5 Å². The summed E-state index contributed by atoms with van der Waals surface area (Å²) >= 11 is 0. The summed E-state index contributed by atoms with van der Waals surface area (Å²) in [5.41, 5.74) is 1.10. The molecule has 0 aliphatic carbocycles. The van der Waals surface area contributed by atoms with Crippen molar-refractivity contribution in [2.75, 3.05) is 38.6 Å². The lowest BCUT2D eigenvalue weighted by Crippen LogP contribution is -2.30. The van der Waals surface area contributed by atoms with Gasteiger partial charge in [-0.3, -0.25) is 4.90 Å². The molecule has 0 bridgehead atoms. The lowest BCUT2D eigenvalue weighted by Gasteiger charge is -2.22. The SMILES string of the molecule is CN(C)C(CNCc1cnc(N2CCCC2)nc1)c1ccco1.Cl. The van der Waals surface area contributed by atoms with Gasteiger partial charge in [0, 0.05) is 44.1 Å². The molecule has 0 aromatic carbocycles. The first kappa shape index (κ1) is 18.7. The molecule has 0 saturated carbocycles. The van der Waals surface area contributed by atoms with Crippen molar-refractivity contribution in [3.8, 4) is 0 Å². The minimum Gasteiger partial charge on any atom is -0.468 e. The highest BCUT2D eigenvalue weighted by molar-refractivity contribution is 5.85. The van der Waals surface area contributed by atoms with Gasteiger partial charge in [-0.25, -0.2) is 9.97 Å². The summed E-state index contributed by atoms with van der Waals surface area (Å²) in [6.45, 7) is 3.72. The van der Waals surface area contributed by atoms with Gasteiger partial charge in [0.25, 0.3) is 0 Å². The van der Waals surface area contributed by atoms with Crippen LogP contribution in [0.2, 0.25) is 0 Å². The zero-order chi connectivity index (χ0) is 16.1. The van der Waals surface area contributed by atoms with Crippen LogP contribution in [0.25, 0.3) is 0 Å². The summed E-state index contributed by atoms with van der Waals surface area (Å²) < 4.78 is 5.52. The second-order valence-corrected chi connectivity index (χ2v) is 6.21. The van der Waals surface area contributed by atoms with Crippen molar-refractivity contribution in [3.63, 3.8) is 0 Å². The van der Waals surface area contributed by atoms with Gasteiger partial charge in [0.05, 0.1) is 12.3 Å². The fraction of sp³-hybridized carbons (Fsp3) is 0.529. The number of furan rings is 1. The molecular weight excluding hydrogens is 326 g/mol. The van der Waals surface area contributed by atoms with Gasteiger partial charge < -0.3 is 14.6 Å². The molecular formula is C17H26ClN5O. The Morgan fingerprint density at radius 2 is 1.96 bits per heavy atom. The highest BCUT2D eigenvalue weighted by Gasteiger charge is 2.17. The van der Waals surface area contributed by atoms with E-state index in [0.717, 1.165) is 43.5 Å². The number of hydrogen-bond acceptors (Lipinski definition) is 6. The summed E-state index contributed by atoms with van der Waals surface area (Å²) in [5.74, 6) is 1.83. The Labute approximate surface area is 149 Å². The zero-order valence-electron chi connectivity index (χ0n) is 14.3. The van der Waals surface area contributed by atoms with Crippen LogP contribution >= 0.6 is 12.4 Å². The molecule has 1 atom stereocenters. The number of nitrogens with zero attached hydrogens (tertiary/aromatic N) is 4. The standard InChI is InChI=1S/C17H25N5O.ClH/c1-21(2)15(16-6-5-9-23-16)13-18-10-14-11-19-17(20-12-14)22-7-3-4-8-22;/h5-6,9,11-12,15,18H,3-4,7-8,10,13H2,1-2H3;1H. The van der Waals surface area contributed by atoms with Gasteiger partial charge in [0.2, 0.25) is 5.95 Å². The van der Waals surface area contributed by atoms with Crippen LogP contribution < -0.4 is 10.2 Å². The molecule has 2 aromatic rings. The Hall–Kier alpha value is -1.63. The van der Waals surface area contributed by atoms with Gasteiger partial charge in [-0.05, 0) is 39.1 Å². The van der Waals surface area contributed by atoms with Crippen LogP contribution in [0.4, 0.5) is 5.95 Å². The van der Waals surface area contributed by atoms with E-state index in [0.29, 0.717) is 0 Å². The smallest absolute Gasteiger partial charge is 0.225 e. The maximum Gasteiger partial charge on any atom is 0.225 e. The van der Waals surface area contributed by atoms with Gasteiger partial charge in [0.1, 0.15) is 5.76 Å². The molecule has 0 radical (unpaired) electrons. The zero-order valence-corrected chi connectivity index (χ0v) is 15.1. The lowest BCUT2D eigenvalue weighted by atomic mass is 10.2. The van der Waals surface area contributed by atoms with Gasteiger partial charge in [-0.1, -0.05) is 0 Å². The quantitative estimate of drug-likeness (QED) is 0.827. The van der Waals surface area contributed by atoms with Gasteiger partial charge in [-0.15, -0.1) is 12.4 Å². The van der Waals surface area contributed by atoms with Crippen LogP contribution in [0.15, 0.2) is 35.2 Å². The molecule has 1 aliphatic rings. The largest absolute Gasteiger partial charge is 0.468 e. The normalized spacial score (nSPS) is 15.5. The second-order valence-electron chi connectivity index (χ2n) is 6.21. The van der Waals surface area contributed by atoms with Crippen molar-refractivity contribution in [1.29, 1.82) is 0 Å². The Bertz CT molecular complexity index is 582. The topological polar surface area (TPSA) is 57.4 Å². The summed E-state index contributed by atoms with van der Waals surface area (Å²) in [5, 5.41) is 3.47. The molecule has 1 unspecified atom stereocenters. The van der Waals surface area contributed by atoms with Crippen LogP contribution in [0.3, 0.4) is 0 Å². The molecule has 6 nitrogen and oxygen atoms in total. The minimum atomic E-state index is 0. The van der Waals surface area contributed by atoms with Crippen LogP contribution in [-0.4, -0.2) is 48.6 Å². The van der Waals surface area contributed by atoms with Crippen molar-refractivity contribution in [1.82, 2.24) is 20.2 Å². The number of aromatic nitrogens is 2. The average Bonchev–Trinajstić information content (AvgIpc) is 3.25. The Balaban J connectivity index is 0.00000208. The molecule has 1 saturated heterocycles. The van der Waals surface area contributed by atoms with E-state index in [-0.39, 0.29) is 18.4 Å². The third-order valence-electron chi connectivity index (χ3n) is 4.24. The van der Waals surface area contributed by atoms with Gasteiger partial charge in [0.15, 0.2) is 0 Å². The molecule has 24 heavy (non-hydrogen) atoms. The van der Waals surface area contributed by atoms with Gasteiger partial charge >= 0.3 is 0 Å². The molecule has 1 fully saturated rings. The summed E-state index contributed by atoms with van der Waals surface area (Å²) in [6, 6.07) is 4.16. The number of anilines is 1. The highest BCUT2D eigenvalue weighted by Crippen LogP contribution is 2.18. The summed E-state index contributed by atoms with van der Waals surface area (Å²) in [6.07, 6.45) is 8.05. The third-order valence-corrected chi connectivity index (χ3v) is 4.24. The second kappa shape index (κ2) is 9.01. The molecule has 1 aliphatic heterocycles. The van der Waals surface area contributed by atoms with Crippen molar-refractivity contribution >= 4 is 18.4 Å². The first-order valence-corrected chi connectivity index (χ1v) is 8.20. The van der Waals surface area contributed by atoms with Crippen molar-refractivity contribution in [3.05, 3.63) is 42.1 Å². The van der Waals surface area contributed by atoms with Crippen LogP contribution in [0.1, 0.15) is 30.2 Å². The van der Waals surface area contributed by atoms with E-state index in [9.17, 15) is 0 Å². The third kappa shape index (κ3) is 4.69. The Morgan fingerprint density at radius 1 is 1.25 bits per heavy atom. The molecule has 3 heterocycles. The van der Waals surface area contributed by atoms with Crippen LogP contribution in [0.5, 0.6) is 0 Å². The minimum absolute atomic E-state index is 0. The molecule has 0 amide bonds. The van der Waals surface area contributed by atoms with Gasteiger partial charge in [-0.2, -0.15) is 0 Å². The van der Waals surface area contributed by atoms with E-state index >= 15 is 0 Å². The molecule has 7 heteroatoms. The monoisotopic (exact) mass is 351 g/mol. The van der Waals surface area contributed by atoms with Crippen molar-refractivity contribution < 1.29 is 4.42 Å². The first-order valence-electron chi connectivity index (χ1n) is 8.20. The van der Waals surface area contributed by atoms with Crippen LogP contribution in [0, 0.1) is 0 Å². The number of nitrogens with one attached hydrogen (secondary N) is 1. The fourth-order valence-electron chi connectivity index (χ4n) is 2.89. The Morgan fingerprint density at radius 3 is 2.54 bits per heavy atom. The molecule has 1 N–H and O–H groups in total. The van der Waals surface area contributed by atoms with E-state index in [1.165, 1.54) is 12.8 Å². The Kier molecular flexibility index (Phi) is 7.02. The fourth-order valence-corrected chi connectivity index (χ4v) is 2.89. The lowest BCUT2D eigenvalue weighted by molar-refractivity contribution is 0.250. The maximum atomic E-state index is 5.52. The predicted molar refractivity (Wildman–Crippen MR) is 97.6 cm³/mol. The summed E-state index contributed by atoms with van der Waals surface area (Å²) in [7, 11) is 4.12. The molecule has 132 valence electrons. The highest BCUT2D eigenvalue weighted by atomic mass is 35.5. The van der Waals surface area contributed by atoms with E-state index in [4.69, 9.17) is 4.42 Å². The van der Waals surface area contributed by atoms with Crippen LogP contribution in [-0.2, 0) is 6.54 Å². The van der Waals surface area contributed by atoms with E-state index in [2.05, 4.69) is 39.2 Å². The van der Waals surface area contributed by atoms with Crippen molar-refractivity contribution in [2.45, 2.75) is 25.4 Å². The van der Waals surface area contributed by atoms with E-state index in [1.54, 1.807) is 6.26 Å². The number of likely N-dealkylation sites (N-methyl/N-ethyl adjacent to an activating group) is 1. The predicted octanol–water partition coefficient (Wildman–Crippen LogP) is 2.48. The molecule has 2 aromatic heterocycles. The molecule has 3 rings (SSSR count). The van der Waals surface area contributed by atoms with E-state index < -0.39 is 0 Å². The summed E-state index contributed by atoms with van der Waals surface area (Å²) in [4.78, 5) is 13.4. The first-order chi connectivity index (χ1) is 11.2. The van der Waals surface area contributed by atoms with Crippen molar-refractivity contribution in [2.24, 2.45) is 0 Å².